The van der Waals surface area contributed by atoms with Crippen molar-refractivity contribution in [1.82, 2.24) is 19.5 Å². The second-order valence-electron chi connectivity index (χ2n) is 5.59. The van der Waals surface area contributed by atoms with Crippen molar-refractivity contribution in [2.45, 2.75) is 26.3 Å². The Morgan fingerprint density at radius 2 is 2.13 bits per heavy atom. The van der Waals surface area contributed by atoms with Crippen molar-refractivity contribution >= 4 is 22.9 Å². The molecular weight excluding hydrogens is 294 g/mol. The standard InChI is InChI=1S/C16H17N5O2/c1-10(2)13-7-15(23)21(9-17-13)8-14(22)20-16-18-11-5-3-4-6-12(11)19-16/h3-7,9-10H,8H2,1-2H3,(H2,18,19,20,22). The van der Waals surface area contributed by atoms with E-state index in [2.05, 4.69) is 20.3 Å². The topological polar surface area (TPSA) is 92.7 Å². The molecular formula is C16H17N5O2. The second kappa shape index (κ2) is 6.04. The minimum atomic E-state index is -0.342. The molecule has 0 fully saturated rings. The number of aromatic nitrogens is 4. The molecule has 0 radical (unpaired) electrons. The molecule has 7 heteroatoms. The van der Waals surface area contributed by atoms with Crippen LogP contribution >= 0.6 is 0 Å². The van der Waals surface area contributed by atoms with Gasteiger partial charge in [0, 0.05) is 6.07 Å². The molecule has 2 aromatic heterocycles. The van der Waals surface area contributed by atoms with E-state index in [-0.39, 0.29) is 23.9 Å². The molecule has 2 N–H and O–H groups in total. The smallest absolute Gasteiger partial charge is 0.254 e. The fraction of sp³-hybridized carbons (Fsp3) is 0.250. The molecule has 0 spiro atoms. The first-order valence-electron chi connectivity index (χ1n) is 7.34. The van der Waals surface area contributed by atoms with Crippen molar-refractivity contribution in [2.75, 3.05) is 5.32 Å². The molecule has 0 unspecified atom stereocenters. The van der Waals surface area contributed by atoms with Crippen molar-refractivity contribution in [2.24, 2.45) is 0 Å². The number of hydrogen-bond acceptors (Lipinski definition) is 4. The molecule has 0 aliphatic carbocycles. The third-order valence-corrected chi connectivity index (χ3v) is 3.45. The number of carbonyl (C=O) groups excluding carboxylic acids is 1. The fourth-order valence-electron chi connectivity index (χ4n) is 2.21. The molecule has 23 heavy (non-hydrogen) atoms. The highest BCUT2D eigenvalue weighted by Crippen LogP contribution is 2.13. The Bertz CT molecular complexity index is 877. The second-order valence-corrected chi connectivity index (χ2v) is 5.59. The van der Waals surface area contributed by atoms with Crippen LogP contribution in [0.2, 0.25) is 0 Å². The lowest BCUT2D eigenvalue weighted by Crippen LogP contribution is -2.28. The molecule has 7 nitrogen and oxygen atoms in total. The quantitative estimate of drug-likeness (QED) is 0.769. The number of imidazole rings is 1. The number of amides is 1. The first kappa shape index (κ1) is 15.0. The van der Waals surface area contributed by atoms with Crippen LogP contribution in [-0.4, -0.2) is 25.4 Å². The van der Waals surface area contributed by atoms with Gasteiger partial charge in [-0.1, -0.05) is 26.0 Å². The number of nitrogens with one attached hydrogen (secondary N) is 2. The highest BCUT2D eigenvalue weighted by atomic mass is 16.2. The number of para-hydroxylation sites is 2. The maximum atomic E-state index is 12.1. The summed E-state index contributed by atoms with van der Waals surface area (Å²) in [6, 6.07) is 8.93. The number of nitrogens with zero attached hydrogens (tertiary/aromatic N) is 3. The molecule has 0 bridgehead atoms. The van der Waals surface area contributed by atoms with Gasteiger partial charge in [0.25, 0.3) is 5.56 Å². The summed E-state index contributed by atoms with van der Waals surface area (Å²) in [7, 11) is 0. The van der Waals surface area contributed by atoms with Gasteiger partial charge in [-0.3, -0.25) is 19.5 Å². The Kier molecular flexibility index (Phi) is 3.92. The van der Waals surface area contributed by atoms with E-state index in [1.807, 2.05) is 38.1 Å². The average Bonchev–Trinajstić information content (AvgIpc) is 2.91. The number of rotatable bonds is 4. The highest BCUT2D eigenvalue weighted by molar-refractivity contribution is 5.90. The fourth-order valence-corrected chi connectivity index (χ4v) is 2.21. The van der Waals surface area contributed by atoms with Gasteiger partial charge in [-0.15, -0.1) is 0 Å². The third-order valence-electron chi connectivity index (χ3n) is 3.45. The van der Waals surface area contributed by atoms with Crippen molar-refractivity contribution in [3.8, 4) is 0 Å². The van der Waals surface area contributed by atoms with Gasteiger partial charge in [-0.25, -0.2) is 9.97 Å². The predicted molar refractivity (Wildman–Crippen MR) is 87.3 cm³/mol. The minimum absolute atomic E-state index is 0.110. The zero-order valence-electron chi connectivity index (χ0n) is 12.9. The number of anilines is 1. The zero-order chi connectivity index (χ0) is 16.4. The van der Waals surface area contributed by atoms with Crippen molar-refractivity contribution in [3.63, 3.8) is 0 Å². The molecule has 1 amide bonds. The van der Waals surface area contributed by atoms with Crippen LogP contribution in [0.25, 0.3) is 11.0 Å². The third kappa shape index (κ3) is 3.28. The molecule has 118 valence electrons. The van der Waals surface area contributed by atoms with Crippen LogP contribution in [-0.2, 0) is 11.3 Å². The number of fused-ring (bicyclic) bond motifs is 1. The van der Waals surface area contributed by atoms with Crippen LogP contribution < -0.4 is 10.9 Å². The lowest BCUT2D eigenvalue weighted by Gasteiger charge is -2.07. The van der Waals surface area contributed by atoms with Gasteiger partial charge in [0.15, 0.2) is 0 Å². The molecule has 0 atom stereocenters. The summed E-state index contributed by atoms with van der Waals surface area (Å²) < 4.78 is 1.27. The van der Waals surface area contributed by atoms with E-state index in [4.69, 9.17) is 0 Å². The summed E-state index contributed by atoms with van der Waals surface area (Å²) in [6.07, 6.45) is 1.40. The number of H-pyrrole nitrogens is 1. The SMILES string of the molecule is CC(C)c1cc(=O)n(CC(=O)Nc2nc3ccccc3[nH]2)cn1. The Morgan fingerprint density at radius 3 is 2.83 bits per heavy atom. The number of benzene rings is 1. The zero-order valence-corrected chi connectivity index (χ0v) is 12.9. The Hall–Kier alpha value is -2.96. The summed E-state index contributed by atoms with van der Waals surface area (Å²) in [4.78, 5) is 35.5. The van der Waals surface area contributed by atoms with Gasteiger partial charge in [-0.05, 0) is 18.1 Å². The van der Waals surface area contributed by atoms with Crippen molar-refractivity contribution in [3.05, 3.63) is 52.7 Å². The van der Waals surface area contributed by atoms with E-state index in [1.165, 1.54) is 17.0 Å². The monoisotopic (exact) mass is 311 g/mol. The van der Waals surface area contributed by atoms with Crippen molar-refractivity contribution < 1.29 is 4.79 Å². The van der Waals surface area contributed by atoms with E-state index >= 15 is 0 Å². The molecule has 3 aromatic rings. The van der Waals surface area contributed by atoms with E-state index < -0.39 is 0 Å². The van der Waals surface area contributed by atoms with E-state index in [0.717, 1.165) is 11.0 Å². The number of aromatic amines is 1. The van der Waals surface area contributed by atoms with E-state index in [0.29, 0.717) is 11.6 Å². The lowest BCUT2D eigenvalue weighted by molar-refractivity contribution is -0.116. The Labute approximate surface area is 132 Å². The van der Waals surface area contributed by atoms with Crippen LogP contribution in [0.15, 0.2) is 41.5 Å². The average molecular weight is 311 g/mol. The molecule has 0 saturated heterocycles. The molecule has 1 aromatic carbocycles. The first-order valence-corrected chi connectivity index (χ1v) is 7.34. The molecule has 0 aliphatic rings. The minimum Gasteiger partial charge on any atom is -0.324 e. The maximum absolute atomic E-state index is 12.1. The summed E-state index contributed by atoms with van der Waals surface area (Å²) in [5.74, 6) is 0.183. The van der Waals surface area contributed by atoms with Crippen molar-refractivity contribution in [1.29, 1.82) is 0 Å². The van der Waals surface area contributed by atoms with Gasteiger partial charge < -0.3 is 4.98 Å². The number of hydrogen-bond donors (Lipinski definition) is 2. The normalized spacial score (nSPS) is 11.1. The van der Waals surface area contributed by atoms with Gasteiger partial charge in [0.2, 0.25) is 11.9 Å². The van der Waals surface area contributed by atoms with Gasteiger partial charge in [-0.2, -0.15) is 0 Å². The summed E-state index contributed by atoms with van der Waals surface area (Å²) in [5, 5.41) is 2.65. The first-order chi connectivity index (χ1) is 11.0. The highest BCUT2D eigenvalue weighted by Gasteiger charge is 2.10. The van der Waals surface area contributed by atoms with Crippen LogP contribution in [0.1, 0.15) is 25.5 Å². The largest absolute Gasteiger partial charge is 0.324 e. The molecule has 0 aliphatic heterocycles. The number of carbonyl (C=O) groups is 1. The van der Waals surface area contributed by atoms with Crippen LogP contribution in [0, 0.1) is 0 Å². The summed E-state index contributed by atoms with van der Waals surface area (Å²) in [5.41, 5.74) is 2.07. The van der Waals surface area contributed by atoms with Gasteiger partial charge >= 0.3 is 0 Å². The van der Waals surface area contributed by atoms with Gasteiger partial charge in [0.1, 0.15) is 6.54 Å². The van der Waals surface area contributed by atoms with Crippen LogP contribution in [0.3, 0.4) is 0 Å². The van der Waals surface area contributed by atoms with Crippen LogP contribution in [0.5, 0.6) is 0 Å². The summed E-state index contributed by atoms with van der Waals surface area (Å²) in [6.45, 7) is 3.81. The van der Waals surface area contributed by atoms with E-state index in [1.54, 1.807) is 0 Å². The summed E-state index contributed by atoms with van der Waals surface area (Å²) >= 11 is 0. The Morgan fingerprint density at radius 1 is 1.35 bits per heavy atom. The Balaban J connectivity index is 1.73. The molecule has 2 heterocycles. The molecule has 3 rings (SSSR count). The van der Waals surface area contributed by atoms with E-state index in [9.17, 15) is 9.59 Å². The predicted octanol–water partition coefficient (Wildman–Crippen LogP) is 1.88. The lowest BCUT2D eigenvalue weighted by atomic mass is 10.1. The molecule has 0 saturated carbocycles. The van der Waals surface area contributed by atoms with Gasteiger partial charge in [0.05, 0.1) is 23.1 Å². The van der Waals surface area contributed by atoms with Crippen LogP contribution in [0.4, 0.5) is 5.95 Å². The maximum Gasteiger partial charge on any atom is 0.254 e.